The first kappa shape index (κ1) is 37.2. The first-order chi connectivity index (χ1) is 25.8. The smallest absolute Gasteiger partial charge is 0.290 e. The van der Waals surface area contributed by atoms with Crippen molar-refractivity contribution in [2.24, 2.45) is 18.9 Å². The van der Waals surface area contributed by atoms with Crippen LogP contribution in [0, 0.1) is 28.9 Å². The number of carbonyl (C=O) groups excluding carboxylic acids is 1. The van der Waals surface area contributed by atoms with Gasteiger partial charge in [-0.05, 0) is 54.7 Å². The van der Waals surface area contributed by atoms with E-state index in [1.165, 1.54) is 11.9 Å². The highest BCUT2D eigenvalue weighted by Gasteiger charge is 2.66. The Bertz CT molecular complexity index is 2300. The summed E-state index contributed by atoms with van der Waals surface area (Å²) in [6.07, 6.45) is 3.13. The summed E-state index contributed by atoms with van der Waals surface area (Å²) in [7, 11) is 1.73. The number of benzene rings is 2. The predicted octanol–water partition coefficient (Wildman–Crippen LogP) is 8.13. The number of nitrogens with one attached hydrogen (secondary N) is 4. The van der Waals surface area contributed by atoms with E-state index in [-0.39, 0.29) is 24.1 Å². The fraction of sp³-hybridized carbons (Fsp3) is 0.270. The minimum absolute atomic E-state index is 0.0337. The number of rotatable bonds is 13. The summed E-state index contributed by atoms with van der Waals surface area (Å²) in [5.41, 5.74) is 0.843. The van der Waals surface area contributed by atoms with Crippen LogP contribution in [0.3, 0.4) is 0 Å². The van der Waals surface area contributed by atoms with Gasteiger partial charge < -0.3 is 15.4 Å². The average Bonchev–Trinajstić information content (AvgIpc) is 3.82. The van der Waals surface area contributed by atoms with Crippen LogP contribution in [0.15, 0.2) is 78.4 Å². The number of fused-ring (bicyclic) bond motifs is 2. The quantitative estimate of drug-likeness (QED) is 0.0541. The second-order valence-electron chi connectivity index (χ2n) is 13.0. The number of pyridine rings is 2. The Hall–Kier alpha value is -5.09. The summed E-state index contributed by atoms with van der Waals surface area (Å²) in [5.74, 6) is -7.74. The van der Waals surface area contributed by atoms with Gasteiger partial charge in [0, 0.05) is 71.7 Å². The Morgan fingerprint density at radius 3 is 2.54 bits per heavy atom. The molecule has 1 fully saturated rings. The largest absolute Gasteiger partial charge is 0.374 e. The highest BCUT2D eigenvalue weighted by molar-refractivity contribution is 7.99. The number of hydrogen-bond acceptors (Lipinski definition) is 8. The number of aryl methyl sites for hydroxylation is 1. The van der Waals surface area contributed by atoms with Gasteiger partial charge in [0.1, 0.15) is 17.3 Å². The molecule has 2 aliphatic carbocycles. The minimum atomic E-state index is -3.54. The molecule has 0 aliphatic heterocycles. The van der Waals surface area contributed by atoms with E-state index in [9.17, 15) is 22.4 Å². The maximum Gasteiger partial charge on any atom is 0.290 e. The Labute approximate surface area is 314 Å². The average molecular weight is 785 g/mol. The van der Waals surface area contributed by atoms with Crippen molar-refractivity contribution in [2.45, 2.75) is 31.2 Å². The number of aromatic nitrogens is 4. The summed E-state index contributed by atoms with van der Waals surface area (Å²) in [6.45, 7) is -0.780. The number of nitrogens with zero attached hydrogens (tertiary/aromatic N) is 4. The highest BCUT2D eigenvalue weighted by Crippen LogP contribution is 2.62. The zero-order chi connectivity index (χ0) is 38.5. The number of halogens is 7. The second-order valence-corrected chi connectivity index (χ2v) is 14.0. The molecule has 3 heterocycles. The second kappa shape index (κ2) is 14.6. The van der Waals surface area contributed by atoms with Gasteiger partial charge in [-0.1, -0.05) is 35.7 Å². The summed E-state index contributed by atoms with van der Waals surface area (Å²) >= 11 is 8.01. The van der Waals surface area contributed by atoms with E-state index in [0.717, 1.165) is 12.1 Å². The maximum absolute atomic E-state index is 15.2. The Morgan fingerprint density at radius 1 is 1.09 bits per heavy atom. The zero-order valence-electron chi connectivity index (χ0n) is 28.5. The molecule has 0 radical (unpaired) electrons. The zero-order valence-corrected chi connectivity index (χ0v) is 30.1. The highest BCUT2D eigenvalue weighted by atomic mass is 35.5. The monoisotopic (exact) mass is 784 g/mol. The molecule has 2 aromatic carbocycles. The van der Waals surface area contributed by atoms with Gasteiger partial charge in [0.05, 0.1) is 39.9 Å². The van der Waals surface area contributed by atoms with Crippen molar-refractivity contribution in [1.82, 2.24) is 30.4 Å². The van der Waals surface area contributed by atoms with Gasteiger partial charge in [-0.3, -0.25) is 24.9 Å². The van der Waals surface area contributed by atoms with E-state index in [1.54, 1.807) is 48.5 Å². The van der Waals surface area contributed by atoms with Crippen molar-refractivity contribution in [2.75, 3.05) is 17.5 Å². The first-order valence-corrected chi connectivity index (χ1v) is 18.2. The normalized spacial score (nSPS) is 17.8. The molecule has 3 atom stereocenters. The van der Waals surface area contributed by atoms with Crippen molar-refractivity contribution < 1.29 is 31.1 Å². The van der Waals surface area contributed by atoms with Crippen LogP contribution in [0.4, 0.5) is 32.2 Å². The predicted molar refractivity (Wildman–Crippen MR) is 196 cm³/mol. The number of allylic oxidation sites excluding steroid dienone is 2. The molecule has 17 heteroatoms. The van der Waals surface area contributed by atoms with Crippen LogP contribution in [0.5, 0.6) is 0 Å². The molecule has 54 heavy (non-hydrogen) atoms. The van der Waals surface area contributed by atoms with Gasteiger partial charge >= 0.3 is 0 Å². The van der Waals surface area contributed by atoms with Gasteiger partial charge in [0.25, 0.3) is 12.3 Å². The Kier molecular flexibility index (Phi) is 10.1. The SMILES string of the molecule is CSNc1nn(C)c2c(-c3cc(-c4cccnc4)cnc3[C@H](Cc3cc(F)cc(F)c3)NC(=O)CNC3=C(C(=N)C(F)F)[C@H]4C[C@H]4C3(F)F)ccc(Cl)c12. The van der Waals surface area contributed by atoms with Crippen molar-refractivity contribution in [3.05, 3.63) is 106 Å². The molecular weight excluding hydrogens is 754 g/mol. The van der Waals surface area contributed by atoms with Gasteiger partial charge in [0.2, 0.25) is 5.91 Å². The molecule has 5 aromatic rings. The molecule has 0 unspecified atom stereocenters. The van der Waals surface area contributed by atoms with Crippen LogP contribution in [-0.4, -0.2) is 56.5 Å². The molecule has 1 saturated carbocycles. The number of hydrogen-bond donors (Lipinski definition) is 4. The lowest BCUT2D eigenvalue weighted by molar-refractivity contribution is -0.121. The molecule has 3 aromatic heterocycles. The topological polar surface area (TPSA) is 121 Å². The van der Waals surface area contributed by atoms with Crippen molar-refractivity contribution in [1.29, 1.82) is 5.41 Å². The van der Waals surface area contributed by atoms with Crippen LogP contribution >= 0.6 is 23.5 Å². The van der Waals surface area contributed by atoms with Gasteiger partial charge in [-0.25, -0.2) is 17.6 Å². The van der Waals surface area contributed by atoms with Crippen LogP contribution in [0.25, 0.3) is 33.2 Å². The van der Waals surface area contributed by atoms with Gasteiger partial charge in [-0.2, -0.15) is 13.9 Å². The van der Waals surface area contributed by atoms with Crippen LogP contribution in [-0.2, 0) is 18.3 Å². The molecule has 4 N–H and O–H groups in total. The molecule has 2 aliphatic rings. The van der Waals surface area contributed by atoms with Crippen LogP contribution in [0.2, 0.25) is 5.02 Å². The molecule has 0 spiro atoms. The molecule has 0 saturated heterocycles. The van der Waals surface area contributed by atoms with E-state index in [2.05, 4.69) is 25.4 Å². The van der Waals surface area contributed by atoms with Crippen LogP contribution < -0.4 is 15.4 Å². The van der Waals surface area contributed by atoms with Crippen molar-refractivity contribution in [3.8, 4) is 22.3 Å². The number of carbonyl (C=O) groups is 1. The van der Waals surface area contributed by atoms with Crippen molar-refractivity contribution >= 4 is 51.9 Å². The lowest BCUT2D eigenvalue weighted by atomic mass is 9.92. The third-order valence-electron chi connectivity index (χ3n) is 9.53. The van der Waals surface area contributed by atoms with Crippen molar-refractivity contribution in [3.63, 3.8) is 0 Å². The molecular formula is C37H31ClF6N8OS. The third-order valence-corrected chi connectivity index (χ3v) is 10.2. The third kappa shape index (κ3) is 6.99. The number of anilines is 1. The fourth-order valence-electron chi connectivity index (χ4n) is 7.15. The van der Waals surface area contributed by atoms with E-state index in [0.29, 0.717) is 50.1 Å². The lowest BCUT2D eigenvalue weighted by Gasteiger charge is -2.24. The summed E-state index contributed by atoms with van der Waals surface area (Å²) in [6, 6.07) is 10.6. The van der Waals surface area contributed by atoms with E-state index >= 15 is 8.78 Å². The molecule has 9 nitrogen and oxygen atoms in total. The number of alkyl halides is 4. The summed E-state index contributed by atoms with van der Waals surface area (Å²) in [5, 5.41) is 18.5. The van der Waals surface area contributed by atoms with E-state index in [1.807, 2.05) is 18.4 Å². The lowest BCUT2D eigenvalue weighted by Crippen LogP contribution is -2.41. The van der Waals surface area contributed by atoms with E-state index < -0.39 is 71.3 Å². The maximum atomic E-state index is 15.2. The number of amides is 1. The standard InChI is InChI=1S/C37H31ClF6N8OS/c1-52-33-22(5-6-26(38)30(33)36(50-52)51-54-2)23-11-19(18-4-3-7-46-14-18)15-47-32(23)27(10-17-8-20(39)12-21(40)9-17)49-28(53)16-48-34-29(31(45)35(41)42)24-13-25(24)37(34,43)44/h3-9,11-12,14-15,24-25,27,35,45,48H,10,13,16H2,1-2H3,(H,49,53)(H,50,51)/t24-,25+,27-/m0/s1. The Morgan fingerprint density at radius 2 is 1.85 bits per heavy atom. The summed E-state index contributed by atoms with van der Waals surface area (Å²) < 4.78 is 91.2. The van der Waals surface area contributed by atoms with Gasteiger partial charge in [-0.15, -0.1) is 0 Å². The summed E-state index contributed by atoms with van der Waals surface area (Å²) in [4.78, 5) is 22.7. The fourth-order valence-corrected chi connectivity index (χ4v) is 7.73. The first-order valence-electron chi connectivity index (χ1n) is 16.6. The molecule has 7 rings (SSSR count). The Balaban J connectivity index is 1.33. The molecule has 1 amide bonds. The molecule has 280 valence electrons. The van der Waals surface area contributed by atoms with E-state index in [4.69, 9.17) is 22.0 Å². The van der Waals surface area contributed by atoms with Crippen LogP contribution in [0.1, 0.15) is 23.7 Å². The van der Waals surface area contributed by atoms with Gasteiger partial charge in [0.15, 0.2) is 5.82 Å². The minimum Gasteiger partial charge on any atom is -0.374 e. The molecule has 0 bridgehead atoms.